The van der Waals surface area contributed by atoms with Gasteiger partial charge in [0.2, 0.25) is 5.69 Å². The molecule has 2 aliphatic heterocycles. The van der Waals surface area contributed by atoms with Crippen LogP contribution in [0.25, 0.3) is 0 Å². The van der Waals surface area contributed by atoms with Crippen molar-refractivity contribution in [2.24, 2.45) is 0 Å². The van der Waals surface area contributed by atoms with Crippen LogP contribution in [-0.2, 0) is 59.6 Å². The van der Waals surface area contributed by atoms with Gasteiger partial charge in [-0.3, -0.25) is 18.1 Å². The molecule has 2 aromatic carbocycles. The molecule has 0 amide bonds. The van der Waals surface area contributed by atoms with Crippen LogP contribution in [-0.4, -0.2) is 107 Å². The molecule has 382 valence electrons. The Morgan fingerprint density at radius 2 is 1.52 bits per heavy atom. The number of methoxy groups -OCH3 is 1. The summed E-state index contributed by atoms with van der Waals surface area (Å²) < 4.78 is 114. The summed E-state index contributed by atoms with van der Waals surface area (Å²) in [6.45, 7) is 15.3. The Morgan fingerprint density at radius 1 is 0.841 bits per heavy atom. The Hall–Kier alpha value is -3.72. The van der Waals surface area contributed by atoms with Gasteiger partial charge in [-0.25, -0.2) is 0 Å². The number of carboxylic acid groups (broad SMARTS) is 1. The molecule has 0 radical (unpaired) electrons. The first-order valence-electron chi connectivity index (χ1n) is 23.3. The highest BCUT2D eigenvalue weighted by Gasteiger charge is 2.50. The van der Waals surface area contributed by atoms with E-state index < -0.39 is 64.0 Å². The number of allylic oxidation sites excluding steroid dienone is 8. The number of carboxylic acids is 1. The number of anilines is 1. The van der Waals surface area contributed by atoms with E-state index in [9.17, 15) is 44.3 Å². The smallest absolute Gasteiger partial charge is 0.303 e. The van der Waals surface area contributed by atoms with Gasteiger partial charge in [-0.1, -0.05) is 23.8 Å². The minimum absolute atomic E-state index is 0.0277. The first-order valence-corrected chi connectivity index (χ1v) is 28.1. The van der Waals surface area contributed by atoms with Gasteiger partial charge in [0.15, 0.2) is 5.71 Å². The van der Waals surface area contributed by atoms with Gasteiger partial charge in [0.1, 0.15) is 6.54 Å². The van der Waals surface area contributed by atoms with Gasteiger partial charge in [0, 0.05) is 78.2 Å². The van der Waals surface area contributed by atoms with Crippen LogP contribution in [0.5, 0.6) is 0 Å². The molecule has 5 rings (SSSR count). The Labute approximate surface area is 414 Å². The Kier molecular flexibility index (Phi) is 17.9. The molecule has 2 heterocycles. The third-order valence-corrected chi connectivity index (χ3v) is 16.9. The van der Waals surface area contributed by atoms with Crippen molar-refractivity contribution in [3.05, 3.63) is 93.7 Å². The lowest BCUT2D eigenvalue weighted by Gasteiger charge is -2.42. The van der Waals surface area contributed by atoms with Gasteiger partial charge in [-0.05, 0) is 159 Å². The highest BCUT2D eigenvalue weighted by atomic mass is 35.5. The first kappa shape index (κ1) is 56.2. The quantitative estimate of drug-likeness (QED) is 0.0409. The van der Waals surface area contributed by atoms with Crippen molar-refractivity contribution in [2.75, 3.05) is 44.6 Å². The highest BCUT2D eigenvalue weighted by molar-refractivity contribution is 7.86. The minimum Gasteiger partial charge on any atom is -0.481 e. The van der Waals surface area contributed by atoms with Crippen molar-refractivity contribution in [3.8, 4) is 0 Å². The number of benzene rings is 2. The first-order chi connectivity index (χ1) is 32.0. The predicted octanol–water partition coefficient (Wildman–Crippen LogP) is 9.78. The normalized spacial score (nSPS) is 21.6. The average Bonchev–Trinajstić information content (AvgIpc) is 3.63. The number of hydrogen-bond acceptors (Lipinski definition) is 11. The summed E-state index contributed by atoms with van der Waals surface area (Å²) in [5.74, 6) is -1.37. The van der Waals surface area contributed by atoms with Crippen LogP contribution >= 0.6 is 11.6 Å². The number of nitrogens with zero attached hydrogens (tertiary/aromatic N) is 2. The molecular formula is C50H70ClN2O13S3+. The monoisotopic (exact) mass is 1040 g/mol. The molecule has 0 aromatic heterocycles. The molecule has 15 nitrogen and oxygen atoms in total. The van der Waals surface area contributed by atoms with Gasteiger partial charge >= 0.3 is 5.97 Å². The van der Waals surface area contributed by atoms with E-state index in [-0.39, 0.29) is 29.1 Å². The predicted molar refractivity (Wildman–Crippen MR) is 269 cm³/mol. The molecule has 0 saturated heterocycles. The summed E-state index contributed by atoms with van der Waals surface area (Å²) in [6, 6.07) is 9.42. The zero-order chi connectivity index (χ0) is 51.4. The van der Waals surface area contributed by atoms with Crippen LogP contribution in [0.3, 0.4) is 0 Å². The average molecular weight is 1040 g/mol. The van der Waals surface area contributed by atoms with Gasteiger partial charge in [-0.15, -0.1) is 0 Å². The number of rotatable bonds is 23. The van der Waals surface area contributed by atoms with Gasteiger partial charge in [0.25, 0.3) is 30.4 Å². The lowest BCUT2D eigenvalue weighted by atomic mass is 9.76. The summed E-state index contributed by atoms with van der Waals surface area (Å²) in [6.07, 6.45) is 13.2. The number of carbonyl (C=O) groups is 1. The zero-order valence-electron chi connectivity index (χ0n) is 41.3. The Balaban J connectivity index is 1.66. The van der Waals surface area contributed by atoms with Crippen molar-refractivity contribution in [1.82, 2.24) is 0 Å². The minimum atomic E-state index is -4.62. The second kappa shape index (κ2) is 22.0. The molecule has 2 unspecified atom stereocenters. The lowest BCUT2D eigenvalue weighted by Crippen LogP contribution is -2.45. The molecule has 1 aliphatic carbocycles. The number of unbranched alkanes of at least 4 members (excludes halogenated alkanes) is 2. The molecule has 0 spiro atoms. The zero-order valence-corrected chi connectivity index (χ0v) is 44.5. The van der Waals surface area contributed by atoms with E-state index in [0.29, 0.717) is 81.0 Å². The fourth-order valence-electron chi connectivity index (χ4n) is 9.71. The molecule has 2 atom stereocenters. The maximum Gasteiger partial charge on any atom is 0.303 e. The molecule has 0 saturated carbocycles. The standard InChI is InChI=1S/C50H69ClN2O13S3/c1-47(2,3)66-31-27-48(4,5)53-42-23-20-37(68(59,60)61)33-40(42)49(6,26-14-32-67(56,57)58)44(53)25-19-36-16-13-15-35(46(36)51)18-24-43-50(7,28-30-64-8)39-34-38(69(62,63)65-9)21-22-41(39)52(43)29-12-10-11-17-45(54)55/h18-25,33-34H,10-17,26-32H2,1-9H3,(H2-,54,55,56,57,58,59,60,61)/p+1. The molecule has 2 aromatic rings. The highest BCUT2D eigenvalue weighted by Crippen LogP contribution is 2.54. The van der Waals surface area contributed by atoms with Crippen LogP contribution in [0.1, 0.15) is 130 Å². The number of hydrogen-bond donors (Lipinski definition) is 3. The molecule has 69 heavy (non-hydrogen) atoms. The maximum absolute atomic E-state index is 13.0. The van der Waals surface area contributed by atoms with Crippen molar-refractivity contribution < 1.29 is 62.5 Å². The van der Waals surface area contributed by atoms with E-state index in [4.69, 9.17) is 25.3 Å². The summed E-state index contributed by atoms with van der Waals surface area (Å²) in [7, 11) is -10.2. The van der Waals surface area contributed by atoms with E-state index >= 15 is 0 Å². The molecule has 0 bridgehead atoms. The fraction of sp³-hybridized carbons (Fsp3) is 0.560. The lowest BCUT2D eigenvalue weighted by molar-refractivity contribution is -0.438. The second-order valence-electron chi connectivity index (χ2n) is 20.1. The molecule has 19 heteroatoms. The van der Waals surface area contributed by atoms with Crippen LogP contribution in [0.2, 0.25) is 0 Å². The van der Waals surface area contributed by atoms with E-state index in [1.807, 2.05) is 52.0 Å². The number of aliphatic carboxylic acids is 1. The number of halogens is 1. The van der Waals surface area contributed by atoms with Crippen LogP contribution in [0.4, 0.5) is 11.4 Å². The van der Waals surface area contributed by atoms with Crippen molar-refractivity contribution in [3.63, 3.8) is 0 Å². The van der Waals surface area contributed by atoms with Crippen LogP contribution in [0, 0.1) is 0 Å². The fourth-order valence-corrected chi connectivity index (χ4v) is 11.7. The van der Waals surface area contributed by atoms with Crippen molar-refractivity contribution in [1.29, 1.82) is 0 Å². The summed E-state index contributed by atoms with van der Waals surface area (Å²) >= 11 is 7.37. The van der Waals surface area contributed by atoms with Crippen LogP contribution < -0.4 is 4.90 Å². The Bertz CT molecular complexity index is 2770. The maximum atomic E-state index is 13.0. The molecule has 3 aliphatic rings. The van der Waals surface area contributed by atoms with E-state index in [0.717, 1.165) is 47.3 Å². The number of ether oxygens (including phenoxy) is 2. The molecule has 0 fully saturated rings. The Morgan fingerprint density at radius 3 is 2.14 bits per heavy atom. The number of fused-ring (bicyclic) bond motifs is 2. The van der Waals surface area contributed by atoms with E-state index in [1.54, 1.807) is 25.3 Å². The third kappa shape index (κ3) is 13.4. The summed E-state index contributed by atoms with van der Waals surface area (Å²) in [4.78, 5) is 13.1. The SMILES string of the molecule is COCCC1(C)C(C=CC2=C(Cl)C(=CC=C3N(C(C)(C)CCOC(C)(C)C)c4ccc(S(=O)(=O)O)cc4C3(C)CCCS(=O)(=O)O)CCC2)=[N+](CCCCCC(=O)O)c2ccc(S(=O)(=O)OC)cc21. The van der Waals surface area contributed by atoms with Gasteiger partial charge in [-0.2, -0.15) is 29.8 Å². The van der Waals surface area contributed by atoms with Gasteiger partial charge in [0.05, 0.1) is 33.7 Å². The summed E-state index contributed by atoms with van der Waals surface area (Å²) in [5.41, 5.74) is 3.44. The molecule has 3 N–H and O–H groups in total. The van der Waals surface area contributed by atoms with Crippen molar-refractivity contribution in [2.45, 2.75) is 151 Å². The van der Waals surface area contributed by atoms with Gasteiger partial charge < -0.3 is 19.5 Å². The second-order valence-corrected chi connectivity index (χ2v) is 25.2. The third-order valence-electron chi connectivity index (χ3n) is 13.5. The topological polar surface area (TPSA) is 214 Å². The molecular weight excluding hydrogens is 968 g/mol. The van der Waals surface area contributed by atoms with Crippen LogP contribution in [0.15, 0.2) is 92.4 Å². The largest absolute Gasteiger partial charge is 0.481 e. The van der Waals surface area contributed by atoms with E-state index in [1.165, 1.54) is 18.2 Å². The van der Waals surface area contributed by atoms with E-state index in [2.05, 4.69) is 30.2 Å². The van der Waals surface area contributed by atoms with Crippen molar-refractivity contribution >= 4 is 65.0 Å². The summed E-state index contributed by atoms with van der Waals surface area (Å²) in [5, 5.41) is 9.79.